The number of carbonyl (C=O) groups excluding carboxylic acids is 1. The van der Waals surface area contributed by atoms with Gasteiger partial charge in [-0.3, -0.25) is 4.79 Å². The van der Waals surface area contributed by atoms with Crippen LogP contribution < -0.4 is 4.74 Å². The molecule has 0 radical (unpaired) electrons. The van der Waals surface area contributed by atoms with Crippen molar-refractivity contribution in [3.63, 3.8) is 0 Å². The first-order chi connectivity index (χ1) is 13.3. The normalized spacial score (nSPS) is 19.0. The van der Waals surface area contributed by atoms with Crippen LogP contribution in [0.1, 0.15) is 74.6 Å². The molecule has 0 spiro atoms. The Morgan fingerprint density at radius 3 is 2.04 bits per heavy atom. The van der Waals surface area contributed by atoms with Crippen LogP contribution in [0.2, 0.25) is 0 Å². The van der Waals surface area contributed by atoms with Crippen molar-refractivity contribution < 1.29 is 9.53 Å². The van der Waals surface area contributed by atoms with E-state index in [1.165, 1.54) is 49.9 Å². The van der Waals surface area contributed by atoms with E-state index in [4.69, 9.17) is 4.74 Å². The van der Waals surface area contributed by atoms with E-state index in [9.17, 15) is 4.79 Å². The lowest BCUT2D eigenvalue weighted by Gasteiger charge is -2.42. The lowest BCUT2D eigenvalue weighted by atomic mass is 9.88. The SMILES string of the molecule is O=C(c1ccc(Oc2nccs2)cc1)N(C1CCCCC1)C1CCCCC1. The molecule has 2 saturated carbocycles. The second-order valence-electron chi connectivity index (χ2n) is 7.72. The molecule has 0 atom stereocenters. The van der Waals surface area contributed by atoms with Gasteiger partial charge in [-0.15, -0.1) is 0 Å². The Labute approximate surface area is 165 Å². The van der Waals surface area contributed by atoms with Crippen LogP contribution in [0.15, 0.2) is 35.8 Å². The summed E-state index contributed by atoms with van der Waals surface area (Å²) >= 11 is 1.46. The van der Waals surface area contributed by atoms with Crippen molar-refractivity contribution in [3.8, 4) is 10.9 Å². The fraction of sp³-hybridized carbons (Fsp3) is 0.545. The summed E-state index contributed by atoms with van der Waals surface area (Å²) in [7, 11) is 0. The first-order valence-electron chi connectivity index (χ1n) is 10.3. The molecule has 144 valence electrons. The first kappa shape index (κ1) is 18.5. The van der Waals surface area contributed by atoms with E-state index >= 15 is 0 Å². The second kappa shape index (κ2) is 8.87. The van der Waals surface area contributed by atoms with Gasteiger partial charge >= 0.3 is 0 Å². The van der Waals surface area contributed by atoms with Gasteiger partial charge in [0, 0.05) is 29.2 Å². The number of ether oxygens (including phenoxy) is 1. The van der Waals surface area contributed by atoms with Crippen molar-refractivity contribution in [2.75, 3.05) is 0 Å². The molecule has 0 bridgehead atoms. The molecule has 2 aliphatic rings. The largest absolute Gasteiger partial charge is 0.431 e. The van der Waals surface area contributed by atoms with Gasteiger partial charge in [-0.25, -0.2) is 4.98 Å². The van der Waals surface area contributed by atoms with Crippen LogP contribution in [0.25, 0.3) is 0 Å². The van der Waals surface area contributed by atoms with Gasteiger partial charge in [0.15, 0.2) is 0 Å². The smallest absolute Gasteiger partial charge is 0.278 e. The first-order valence-corrected chi connectivity index (χ1v) is 11.2. The molecule has 1 heterocycles. The third-order valence-electron chi connectivity index (χ3n) is 5.89. The zero-order chi connectivity index (χ0) is 18.5. The molecule has 4 nitrogen and oxygen atoms in total. The number of hydrogen-bond acceptors (Lipinski definition) is 4. The summed E-state index contributed by atoms with van der Waals surface area (Å²) in [6.07, 6.45) is 14.0. The number of carbonyl (C=O) groups is 1. The molecule has 27 heavy (non-hydrogen) atoms. The summed E-state index contributed by atoms with van der Waals surface area (Å²) in [4.78, 5) is 19.8. The van der Waals surface area contributed by atoms with E-state index in [-0.39, 0.29) is 5.91 Å². The number of hydrogen-bond donors (Lipinski definition) is 0. The summed E-state index contributed by atoms with van der Waals surface area (Å²) in [5.41, 5.74) is 0.776. The fourth-order valence-corrected chi connectivity index (χ4v) is 5.03. The van der Waals surface area contributed by atoms with E-state index in [0.717, 1.165) is 37.0 Å². The highest BCUT2D eigenvalue weighted by molar-refractivity contribution is 7.11. The summed E-state index contributed by atoms with van der Waals surface area (Å²) in [5, 5.41) is 2.51. The van der Waals surface area contributed by atoms with Crippen molar-refractivity contribution >= 4 is 17.2 Å². The van der Waals surface area contributed by atoms with E-state index in [1.54, 1.807) is 6.20 Å². The van der Waals surface area contributed by atoms with Crippen molar-refractivity contribution in [2.45, 2.75) is 76.3 Å². The molecule has 2 fully saturated rings. The Balaban J connectivity index is 1.51. The monoisotopic (exact) mass is 384 g/mol. The van der Waals surface area contributed by atoms with E-state index in [1.807, 2.05) is 29.6 Å². The summed E-state index contributed by atoms with van der Waals surface area (Å²) < 4.78 is 5.73. The van der Waals surface area contributed by atoms with Crippen molar-refractivity contribution in [1.82, 2.24) is 9.88 Å². The van der Waals surface area contributed by atoms with Crippen LogP contribution in [0.3, 0.4) is 0 Å². The number of rotatable bonds is 5. The Kier molecular flexibility index (Phi) is 6.07. The van der Waals surface area contributed by atoms with Gasteiger partial charge in [0.1, 0.15) is 5.75 Å². The highest BCUT2D eigenvalue weighted by Crippen LogP contribution is 2.32. The number of thiazole rings is 1. The molecule has 4 rings (SSSR count). The minimum absolute atomic E-state index is 0.203. The zero-order valence-electron chi connectivity index (χ0n) is 15.8. The molecule has 0 saturated heterocycles. The minimum atomic E-state index is 0.203. The molecule has 1 amide bonds. The number of aromatic nitrogens is 1. The molecule has 0 N–H and O–H groups in total. The maximum absolute atomic E-state index is 13.4. The van der Waals surface area contributed by atoms with Gasteiger partial charge in [0.05, 0.1) is 0 Å². The van der Waals surface area contributed by atoms with Crippen LogP contribution in [0, 0.1) is 0 Å². The Morgan fingerprint density at radius 2 is 1.52 bits per heavy atom. The molecule has 1 aromatic carbocycles. The van der Waals surface area contributed by atoms with Crippen molar-refractivity contribution in [2.24, 2.45) is 0 Å². The van der Waals surface area contributed by atoms with Gasteiger partial charge in [0.25, 0.3) is 11.1 Å². The van der Waals surface area contributed by atoms with Gasteiger partial charge < -0.3 is 9.64 Å². The standard InChI is InChI=1S/C22H28N2O2S/c25-21(17-11-13-20(14-12-17)26-22-23-15-16-27-22)24(18-7-3-1-4-8-18)19-9-5-2-6-10-19/h11-16,18-19H,1-10H2. The third-order valence-corrected chi connectivity index (χ3v) is 6.53. The van der Waals surface area contributed by atoms with Gasteiger partial charge in [-0.05, 0) is 49.9 Å². The highest BCUT2D eigenvalue weighted by atomic mass is 32.1. The minimum Gasteiger partial charge on any atom is -0.431 e. The predicted octanol–water partition coefficient (Wildman–Crippen LogP) is 6.04. The summed E-state index contributed by atoms with van der Waals surface area (Å²) in [5.74, 6) is 0.929. The molecule has 2 aromatic rings. The molecule has 0 unspecified atom stereocenters. The lowest BCUT2D eigenvalue weighted by Crippen LogP contribution is -2.48. The highest BCUT2D eigenvalue weighted by Gasteiger charge is 2.32. The van der Waals surface area contributed by atoms with Crippen LogP contribution in [0.4, 0.5) is 0 Å². The summed E-state index contributed by atoms with van der Waals surface area (Å²) in [6.45, 7) is 0. The Bertz CT molecular complexity index is 699. The average molecular weight is 385 g/mol. The predicted molar refractivity (Wildman–Crippen MR) is 109 cm³/mol. The van der Waals surface area contributed by atoms with Gasteiger partial charge in [-0.2, -0.15) is 0 Å². The molecule has 2 aliphatic carbocycles. The van der Waals surface area contributed by atoms with E-state index in [2.05, 4.69) is 9.88 Å². The molecule has 1 aromatic heterocycles. The van der Waals surface area contributed by atoms with E-state index < -0.39 is 0 Å². The second-order valence-corrected chi connectivity index (χ2v) is 8.58. The third kappa shape index (κ3) is 4.52. The van der Waals surface area contributed by atoms with Crippen LogP contribution in [0.5, 0.6) is 10.9 Å². The van der Waals surface area contributed by atoms with E-state index in [0.29, 0.717) is 17.3 Å². The van der Waals surface area contributed by atoms with Gasteiger partial charge in [-0.1, -0.05) is 49.9 Å². The molecule has 0 aliphatic heterocycles. The number of amides is 1. The van der Waals surface area contributed by atoms with Gasteiger partial charge in [0.2, 0.25) is 0 Å². The zero-order valence-corrected chi connectivity index (χ0v) is 16.6. The number of nitrogens with zero attached hydrogens (tertiary/aromatic N) is 2. The van der Waals surface area contributed by atoms with Crippen LogP contribution >= 0.6 is 11.3 Å². The fourth-order valence-electron chi connectivity index (χ4n) is 4.52. The molecular weight excluding hydrogens is 356 g/mol. The quantitative estimate of drug-likeness (QED) is 0.631. The summed E-state index contributed by atoms with van der Waals surface area (Å²) in [6, 6.07) is 8.41. The number of benzene rings is 1. The van der Waals surface area contributed by atoms with Crippen molar-refractivity contribution in [3.05, 3.63) is 41.4 Å². The Hall–Kier alpha value is -1.88. The van der Waals surface area contributed by atoms with Crippen LogP contribution in [-0.4, -0.2) is 27.9 Å². The Morgan fingerprint density at radius 1 is 0.926 bits per heavy atom. The van der Waals surface area contributed by atoms with Crippen LogP contribution in [-0.2, 0) is 0 Å². The maximum atomic E-state index is 13.4. The maximum Gasteiger partial charge on any atom is 0.278 e. The van der Waals surface area contributed by atoms with Crippen molar-refractivity contribution in [1.29, 1.82) is 0 Å². The molecular formula is C22H28N2O2S. The molecule has 5 heteroatoms. The topological polar surface area (TPSA) is 42.4 Å². The average Bonchev–Trinajstić information content (AvgIpc) is 3.23. The lowest BCUT2D eigenvalue weighted by molar-refractivity contribution is 0.0448.